The molecule has 2 aliphatic rings. The Hall–Kier alpha value is -1.42. The number of thiophene rings is 1. The van der Waals surface area contributed by atoms with E-state index in [-0.39, 0.29) is 29.5 Å². The number of allylic oxidation sites excluding steroid dienone is 2. The van der Waals surface area contributed by atoms with Gasteiger partial charge < -0.3 is 4.74 Å². The summed E-state index contributed by atoms with van der Waals surface area (Å²) in [7, 11) is 0. The highest BCUT2D eigenvalue weighted by molar-refractivity contribution is 7.08. The summed E-state index contributed by atoms with van der Waals surface area (Å²) >= 11 is 1.59. The maximum Gasteiger partial charge on any atom is 0.311 e. The Kier molecular flexibility index (Phi) is 2.86. The molecule has 1 unspecified atom stereocenters. The van der Waals surface area contributed by atoms with Gasteiger partial charge in [-0.05, 0) is 27.8 Å². The fourth-order valence-corrected chi connectivity index (χ4v) is 3.68. The molecule has 0 aromatic carbocycles. The summed E-state index contributed by atoms with van der Waals surface area (Å²) in [6, 6.07) is 1.99. The number of hydrogen-bond donors (Lipinski definition) is 0. The van der Waals surface area contributed by atoms with Crippen LogP contribution in [-0.4, -0.2) is 11.8 Å². The Morgan fingerprint density at radius 3 is 2.79 bits per heavy atom. The molecule has 0 bridgehead atoms. The van der Waals surface area contributed by atoms with Gasteiger partial charge in [-0.1, -0.05) is 13.8 Å². The van der Waals surface area contributed by atoms with Gasteiger partial charge in [0.2, 0.25) is 0 Å². The third-order valence-corrected chi connectivity index (χ3v) is 4.48. The summed E-state index contributed by atoms with van der Waals surface area (Å²) in [6.45, 7) is 4.08. The van der Waals surface area contributed by atoms with E-state index in [0.29, 0.717) is 18.6 Å². The lowest BCUT2D eigenvalue weighted by molar-refractivity contribution is -0.142. The zero-order valence-electron chi connectivity index (χ0n) is 11.1. The molecule has 2 heterocycles. The summed E-state index contributed by atoms with van der Waals surface area (Å²) < 4.78 is 5.35. The molecule has 4 heteroatoms. The van der Waals surface area contributed by atoms with Crippen LogP contribution in [0.1, 0.15) is 44.6 Å². The highest BCUT2D eigenvalue weighted by Crippen LogP contribution is 2.46. The van der Waals surface area contributed by atoms with Crippen LogP contribution >= 0.6 is 11.3 Å². The second-order valence-electron chi connectivity index (χ2n) is 6.07. The Labute approximate surface area is 116 Å². The second kappa shape index (κ2) is 4.30. The third kappa shape index (κ3) is 2.25. The minimum atomic E-state index is -0.222. The fourth-order valence-electron chi connectivity index (χ4n) is 2.96. The van der Waals surface area contributed by atoms with Gasteiger partial charge in [-0.15, -0.1) is 0 Å². The minimum absolute atomic E-state index is 0.105. The third-order valence-electron chi connectivity index (χ3n) is 3.78. The largest absolute Gasteiger partial charge is 0.431 e. The van der Waals surface area contributed by atoms with Crippen LogP contribution < -0.4 is 0 Å². The summed E-state index contributed by atoms with van der Waals surface area (Å²) in [4.78, 5) is 24.2. The van der Waals surface area contributed by atoms with E-state index in [0.717, 1.165) is 11.1 Å². The van der Waals surface area contributed by atoms with Gasteiger partial charge >= 0.3 is 5.97 Å². The van der Waals surface area contributed by atoms with Crippen molar-refractivity contribution >= 4 is 23.1 Å². The molecule has 100 valence electrons. The van der Waals surface area contributed by atoms with E-state index in [4.69, 9.17) is 4.74 Å². The maximum atomic E-state index is 12.4. The van der Waals surface area contributed by atoms with Gasteiger partial charge in [0.15, 0.2) is 5.78 Å². The van der Waals surface area contributed by atoms with E-state index in [2.05, 4.69) is 0 Å². The molecule has 19 heavy (non-hydrogen) atoms. The van der Waals surface area contributed by atoms with Crippen molar-refractivity contribution in [1.29, 1.82) is 0 Å². The number of rotatable bonds is 1. The number of hydrogen-bond acceptors (Lipinski definition) is 4. The molecule has 0 saturated carbocycles. The highest BCUT2D eigenvalue weighted by atomic mass is 32.1. The van der Waals surface area contributed by atoms with Gasteiger partial charge in [0, 0.05) is 24.3 Å². The summed E-state index contributed by atoms with van der Waals surface area (Å²) in [5, 5.41) is 3.99. The van der Waals surface area contributed by atoms with Crippen molar-refractivity contribution in [3.63, 3.8) is 0 Å². The van der Waals surface area contributed by atoms with E-state index in [1.807, 2.05) is 30.7 Å². The van der Waals surface area contributed by atoms with Crippen molar-refractivity contribution in [3.05, 3.63) is 33.7 Å². The van der Waals surface area contributed by atoms with Crippen LogP contribution in [0.2, 0.25) is 0 Å². The number of ether oxygens (including phenoxy) is 1. The normalized spacial score (nSPS) is 26.1. The maximum absolute atomic E-state index is 12.4. The van der Waals surface area contributed by atoms with Crippen molar-refractivity contribution < 1.29 is 14.3 Å². The number of carbonyl (C=O) groups excluding carboxylic acids is 2. The van der Waals surface area contributed by atoms with E-state index in [9.17, 15) is 9.59 Å². The first kappa shape index (κ1) is 12.6. The molecule has 0 saturated heterocycles. The lowest BCUT2D eigenvalue weighted by Crippen LogP contribution is -2.33. The Bertz CT molecular complexity index is 566. The second-order valence-corrected chi connectivity index (χ2v) is 6.85. The first-order valence-electron chi connectivity index (χ1n) is 6.45. The predicted octanol–water partition coefficient (Wildman–Crippen LogP) is 3.42. The standard InChI is InChI=1S/C15H16O3S/c1-15(2)6-11(16)14-10(9-3-4-19-8-9)5-13(17)18-12(14)7-15/h3-4,8,10H,5-7H2,1-2H3. The smallest absolute Gasteiger partial charge is 0.311 e. The molecule has 1 aromatic heterocycles. The quantitative estimate of drug-likeness (QED) is 0.738. The van der Waals surface area contributed by atoms with Gasteiger partial charge in [-0.2, -0.15) is 11.3 Å². The lowest BCUT2D eigenvalue weighted by atomic mass is 9.71. The van der Waals surface area contributed by atoms with Gasteiger partial charge in [0.1, 0.15) is 5.76 Å². The number of esters is 1. The summed E-state index contributed by atoms with van der Waals surface area (Å²) in [5.41, 5.74) is 1.67. The monoisotopic (exact) mass is 276 g/mol. The SMILES string of the molecule is CC1(C)CC(=O)C2=C(C1)OC(=O)CC2c1ccsc1. The van der Waals surface area contributed by atoms with Crippen molar-refractivity contribution in [2.24, 2.45) is 5.41 Å². The molecular formula is C15H16O3S. The minimum Gasteiger partial charge on any atom is -0.431 e. The topological polar surface area (TPSA) is 43.4 Å². The van der Waals surface area contributed by atoms with Crippen LogP contribution in [0.15, 0.2) is 28.2 Å². The van der Waals surface area contributed by atoms with Gasteiger partial charge in [-0.3, -0.25) is 9.59 Å². The zero-order valence-corrected chi connectivity index (χ0v) is 11.9. The first-order valence-corrected chi connectivity index (χ1v) is 7.39. The van der Waals surface area contributed by atoms with Crippen molar-refractivity contribution in [3.8, 4) is 0 Å². The zero-order chi connectivity index (χ0) is 13.6. The molecule has 1 atom stereocenters. The number of carbonyl (C=O) groups is 2. The van der Waals surface area contributed by atoms with Crippen LogP contribution in [0.3, 0.4) is 0 Å². The molecule has 0 radical (unpaired) electrons. The predicted molar refractivity (Wildman–Crippen MR) is 72.8 cm³/mol. The molecule has 0 fully saturated rings. The van der Waals surface area contributed by atoms with Crippen LogP contribution in [-0.2, 0) is 14.3 Å². The van der Waals surface area contributed by atoms with Crippen LogP contribution in [0.4, 0.5) is 0 Å². The molecule has 0 amide bonds. The number of ketones is 1. The average Bonchev–Trinajstić information content (AvgIpc) is 2.78. The molecule has 1 aliphatic carbocycles. The summed E-state index contributed by atoms with van der Waals surface area (Å²) in [6.07, 6.45) is 1.48. The van der Waals surface area contributed by atoms with Crippen molar-refractivity contribution in [2.75, 3.05) is 0 Å². The van der Waals surface area contributed by atoms with Crippen molar-refractivity contribution in [2.45, 2.75) is 39.0 Å². The number of Topliss-reactive ketones (excluding diaryl/α,β-unsaturated/α-hetero) is 1. The molecule has 0 spiro atoms. The lowest BCUT2D eigenvalue weighted by Gasteiger charge is -2.36. The Morgan fingerprint density at radius 1 is 1.32 bits per heavy atom. The fraction of sp³-hybridized carbons (Fsp3) is 0.467. The van der Waals surface area contributed by atoms with Gasteiger partial charge in [0.05, 0.1) is 6.42 Å². The van der Waals surface area contributed by atoms with Gasteiger partial charge in [0.25, 0.3) is 0 Å². The average molecular weight is 276 g/mol. The van der Waals surface area contributed by atoms with Crippen LogP contribution in [0.5, 0.6) is 0 Å². The van der Waals surface area contributed by atoms with Crippen LogP contribution in [0.25, 0.3) is 0 Å². The molecule has 3 nitrogen and oxygen atoms in total. The van der Waals surface area contributed by atoms with Gasteiger partial charge in [-0.25, -0.2) is 0 Å². The van der Waals surface area contributed by atoms with E-state index < -0.39 is 0 Å². The molecule has 1 aromatic rings. The molecule has 0 N–H and O–H groups in total. The molecule has 3 rings (SSSR count). The summed E-state index contributed by atoms with van der Waals surface area (Å²) in [5.74, 6) is 0.412. The van der Waals surface area contributed by atoms with Crippen LogP contribution in [0, 0.1) is 5.41 Å². The van der Waals surface area contributed by atoms with E-state index in [1.165, 1.54) is 0 Å². The van der Waals surface area contributed by atoms with Crippen molar-refractivity contribution in [1.82, 2.24) is 0 Å². The first-order chi connectivity index (χ1) is 8.96. The highest BCUT2D eigenvalue weighted by Gasteiger charge is 2.42. The van der Waals surface area contributed by atoms with E-state index in [1.54, 1.807) is 11.3 Å². The Balaban J connectivity index is 2.07. The van der Waals surface area contributed by atoms with E-state index >= 15 is 0 Å². The molecule has 1 aliphatic heterocycles. The Morgan fingerprint density at radius 2 is 2.11 bits per heavy atom. The molecular weight excluding hydrogens is 260 g/mol.